The van der Waals surface area contributed by atoms with Gasteiger partial charge in [-0.3, -0.25) is 9.36 Å². The lowest BCUT2D eigenvalue weighted by Gasteiger charge is -2.23. The van der Waals surface area contributed by atoms with Crippen LogP contribution in [0.3, 0.4) is 0 Å². The van der Waals surface area contributed by atoms with Crippen molar-refractivity contribution in [2.75, 3.05) is 5.32 Å². The van der Waals surface area contributed by atoms with Gasteiger partial charge >= 0.3 is 0 Å². The van der Waals surface area contributed by atoms with Crippen LogP contribution in [0, 0.1) is 5.82 Å². The van der Waals surface area contributed by atoms with Gasteiger partial charge in [0.05, 0.1) is 11.4 Å². The van der Waals surface area contributed by atoms with Crippen molar-refractivity contribution in [3.8, 4) is 5.69 Å². The molecule has 0 saturated carbocycles. The van der Waals surface area contributed by atoms with Gasteiger partial charge in [0.25, 0.3) is 0 Å². The number of imidazole rings is 1. The monoisotopic (exact) mass is 307 g/mol. The van der Waals surface area contributed by atoms with Crippen LogP contribution >= 0.6 is 0 Å². The van der Waals surface area contributed by atoms with Crippen molar-refractivity contribution < 1.29 is 9.18 Å². The smallest absolute Gasteiger partial charge is 0.226 e. The molecule has 23 heavy (non-hydrogen) atoms. The minimum absolute atomic E-state index is 0.0653. The number of nitrogens with one attached hydrogen (secondary N) is 1. The first-order valence-corrected chi connectivity index (χ1v) is 7.40. The molecule has 5 heteroatoms. The molecule has 4 nitrogen and oxygen atoms in total. The van der Waals surface area contributed by atoms with Gasteiger partial charge in [0.1, 0.15) is 18.0 Å². The molecule has 1 aliphatic heterocycles. The molecule has 1 N–H and O–H groups in total. The molecule has 0 fully saturated rings. The number of hydrogen-bond donors (Lipinski definition) is 1. The lowest BCUT2D eigenvalue weighted by Crippen LogP contribution is -2.24. The Bertz CT molecular complexity index is 873. The van der Waals surface area contributed by atoms with Gasteiger partial charge < -0.3 is 5.32 Å². The van der Waals surface area contributed by atoms with E-state index in [9.17, 15) is 9.18 Å². The minimum atomic E-state index is -0.327. The molecule has 2 aromatic carbocycles. The average molecular weight is 307 g/mol. The number of benzene rings is 2. The van der Waals surface area contributed by atoms with E-state index in [1.165, 1.54) is 12.1 Å². The maximum absolute atomic E-state index is 13.5. The summed E-state index contributed by atoms with van der Waals surface area (Å²) < 4.78 is 15.2. The number of rotatable bonds is 2. The Balaban J connectivity index is 1.83. The van der Waals surface area contributed by atoms with E-state index in [1.807, 2.05) is 30.3 Å². The van der Waals surface area contributed by atoms with Crippen molar-refractivity contribution in [3.63, 3.8) is 0 Å². The molecule has 1 aromatic heterocycles. The standard InChI is InChI=1S/C18H14FN3O/c19-13-7-4-8-14(9-13)22-11-20-17-15(10-16(23)21-18(17)22)12-5-2-1-3-6-12/h1-9,11,15H,10H2,(H,21,23)/t15-/m0/s1. The Morgan fingerprint density at radius 3 is 2.74 bits per heavy atom. The van der Waals surface area contributed by atoms with Gasteiger partial charge in [0.15, 0.2) is 0 Å². The Labute approximate surface area is 132 Å². The van der Waals surface area contributed by atoms with E-state index in [-0.39, 0.29) is 17.6 Å². The van der Waals surface area contributed by atoms with E-state index in [0.717, 1.165) is 11.3 Å². The van der Waals surface area contributed by atoms with Gasteiger partial charge in [-0.05, 0) is 23.8 Å². The zero-order valence-electron chi connectivity index (χ0n) is 12.2. The van der Waals surface area contributed by atoms with Gasteiger partial charge in [-0.2, -0.15) is 0 Å². The van der Waals surface area contributed by atoms with E-state index in [0.29, 0.717) is 17.9 Å². The summed E-state index contributed by atoms with van der Waals surface area (Å²) in [7, 11) is 0. The lowest BCUT2D eigenvalue weighted by atomic mass is 9.90. The molecular weight excluding hydrogens is 293 g/mol. The molecular formula is C18H14FN3O. The average Bonchev–Trinajstić information content (AvgIpc) is 2.98. The summed E-state index contributed by atoms with van der Waals surface area (Å²) in [4.78, 5) is 16.6. The SMILES string of the molecule is O=C1C[C@@H](c2ccccc2)c2ncn(-c3cccc(F)c3)c2N1. The van der Waals surface area contributed by atoms with Crippen LogP contribution < -0.4 is 5.32 Å². The van der Waals surface area contributed by atoms with Crippen molar-refractivity contribution >= 4 is 11.7 Å². The number of aromatic nitrogens is 2. The third kappa shape index (κ3) is 2.40. The molecule has 4 rings (SSSR count). The summed E-state index contributed by atoms with van der Waals surface area (Å²) in [6, 6.07) is 16.1. The molecule has 0 bridgehead atoms. The number of halogens is 1. The van der Waals surface area contributed by atoms with Crippen LogP contribution in [-0.2, 0) is 4.79 Å². The highest BCUT2D eigenvalue weighted by Gasteiger charge is 2.30. The van der Waals surface area contributed by atoms with Crippen LogP contribution in [-0.4, -0.2) is 15.5 Å². The van der Waals surface area contributed by atoms with Crippen LogP contribution in [0.5, 0.6) is 0 Å². The maximum Gasteiger partial charge on any atom is 0.226 e. The second-order valence-corrected chi connectivity index (χ2v) is 5.54. The third-order valence-electron chi connectivity index (χ3n) is 4.06. The van der Waals surface area contributed by atoms with Crippen LogP contribution in [0.15, 0.2) is 60.9 Å². The van der Waals surface area contributed by atoms with Gasteiger partial charge in [-0.15, -0.1) is 0 Å². The largest absolute Gasteiger partial charge is 0.310 e. The Kier molecular flexibility index (Phi) is 3.19. The van der Waals surface area contributed by atoms with Crippen LogP contribution in [0.4, 0.5) is 10.2 Å². The first kappa shape index (κ1) is 13.7. The van der Waals surface area contributed by atoms with Crippen molar-refractivity contribution in [2.45, 2.75) is 12.3 Å². The second kappa shape index (κ2) is 5.35. The van der Waals surface area contributed by atoms with Gasteiger partial charge in [-0.25, -0.2) is 9.37 Å². The summed E-state index contributed by atoms with van der Waals surface area (Å²) in [6.07, 6.45) is 1.98. The first-order valence-electron chi connectivity index (χ1n) is 7.40. The maximum atomic E-state index is 13.5. The number of amides is 1. The third-order valence-corrected chi connectivity index (χ3v) is 4.06. The fraction of sp³-hybridized carbons (Fsp3) is 0.111. The van der Waals surface area contributed by atoms with E-state index in [1.54, 1.807) is 23.0 Å². The number of fused-ring (bicyclic) bond motifs is 1. The highest BCUT2D eigenvalue weighted by atomic mass is 19.1. The summed E-state index contributed by atoms with van der Waals surface area (Å²) in [5, 5.41) is 2.87. The Morgan fingerprint density at radius 2 is 1.96 bits per heavy atom. The summed E-state index contributed by atoms with van der Waals surface area (Å²) in [5.74, 6) is 0.131. The van der Waals surface area contributed by atoms with Crippen molar-refractivity contribution in [1.29, 1.82) is 0 Å². The van der Waals surface area contributed by atoms with E-state index >= 15 is 0 Å². The number of anilines is 1. The number of carbonyl (C=O) groups excluding carboxylic acids is 1. The Hall–Kier alpha value is -2.95. The zero-order valence-corrected chi connectivity index (χ0v) is 12.2. The van der Waals surface area contributed by atoms with Crippen LogP contribution in [0.25, 0.3) is 5.69 Å². The quantitative estimate of drug-likeness (QED) is 0.788. The normalized spacial score (nSPS) is 16.7. The number of carbonyl (C=O) groups is 1. The zero-order chi connectivity index (χ0) is 15.8. The molecule has 3 aromatic rings. The number of hydrogen-bond acceptors (Lipinski definition) is 2. The van der Waals surface area contributed by atoms with Gasteiger partial charge in [0, 0.05) is 12.3 Å². The van der Waals surface area contributed by atoms with Crippen molar-refractivity contribution in [2.24, 2.45) is 0 Å². The Morgan fingerprint density at radius 1 is 1.13 bits per heavy atom. The van der Waals surface area contributed by atoms with Crippen molar-refractivity contribution in [3.05, 3.63) is 78.0 Å². The molecule has 2 heterocycles. The fourth-order valence-corrected chi connectivity index (χ4v) is 2.99. The van der Waals surface area contributed by atoms with Gasteiger partial charge in [0.2, 0.25) is 5.91 Å². The molecule has 0 radical (unpaired) electrons. The highest BCUT2D eigenvalue weighted by Crippen LogP contribution is 2.37. The minimum Gasteiger partial charge on any atom is -0.310 e. The molecule has 0 saturated heterocycles. The molecule has 0 spiro atoms. The predicted molar refractivity (Wildman–Crippen MR) is 85.1 cm³/mol. The van der Waals surface area contributed by atoms with E-state index in [2.05, 4.69) is 10.3 Å². The molecule has 0 aliphatic carbocycles. The highest BCUT2D eigenvalue weighted by molar-refractivity contribution is 5.94. The molecule has 1 amide bonds. The topological polar surface area (TPSA) is 46.9 Å². The van der Waals surface area contributed by atoms with Gasteiger partial charge in [-0.1, -0.05) is 36.4 Å². The summed E-state index contributed by atoms with van der Waals surface area (Å²) >= 11 is 0. The summed E-state index contributed by atoms with van der Waals surface area (Å²) in [6.45, 7) is 0. The van der Waals surface area contributed by atoms with Crippen LogP contribution in [0.1, 0.15) is 23.6 Å². The number of nitrogens with zero attached hydrogens (tertiary/aromatic N) is 2. The van der Waals surface area contributed by atoms with E-state index < -0.39 is 0 Å². The fourth-order valence-electron chi connectivity index (χ4n) is 2.99. The second-order valence-electron chi connectivity index (χ2n) is 5.54. The summed E-state index contributed by atoms with van der Waals surface area (Å²) in [5.41, 5.74) is 2.49. The molecule has 1 aliphatic rings. The lowest BCUT2D eigenvalue weighted by molar-refractivity contribution is -0.116. The molecule has 1 atom stereocenters. The van der Waals surface area contributed by atoms with Crippen LogP contribution in [0.2, 0.25) is 0 Å². The predicted octanol–water partition coefficient (Wildman–Crippen LogP) is 3.49. The molecule has 114 valence electrons. The van der Waals surface area contributed by atoms with Crippen molar-refractivity contribution in [1.82, 2.24) is 9.55 Å². The molecule has 0 unspecified atom stereocenters. The first-order chi connectivity index (χ1) is 11.2. The van der Waals surface area contributed by atoms with E-state index in [4.69, 9.17) is 0 Å².